The Morgan fingerprint density at radius 2 is 2.21 bits per heavy atom. The van der Waals surface area contributed by atoms with Crippen LogP contribution in [0.5, 0.6) is 0 Å². The van der Waals surface area contributed by atoms with Crippen molar-refractivity contribution in [2.45, 2.75) is 31.2 Å². The molecule has 1 saturated carbocycles. The molecule has 1 fully saturated rings. The quantitative estimate of drug-likeness (QED) is 0.708. The molecule has 7 heteroatoms. The molecule has 0 aromatic carbocycles. The van der Waals surface area contributed by atoms with Gasteiger partial charge in [-0.2, -0.15) is 0 Å². The van der Waals surface area contributed by atoms with Crippen molar-refractivity contribution in [3.8, 4) is 0 Å². The normalized spacial score (nSPS) is 23.0. The van der Waals surface area contributed by atoms with Crippen LogP contribution in [-0.4, -0.2) is 30.6 Å². The summed E-state index contributed by atoms with van der Waals surface area (Å²) >= 11 is 0. The molecule has 0 unspecified atom stereocenters. The van der Waals surface area contributed by atoms with E-state index in [2.05, 4.69) is 24.6 Å². The number of hydrogen-bond donors (Lipinski definition) is 2. The molecule has 4 rings (SSSR count). The minimum atomic E-state index is 0. The number of fused-ring (bicyclic) bond motifs is 3. The largest absolute Gasteiger partial charge is 0.345 e. The molecule has 0 aliphatic heterocycles. The van der Waals surface area contributed by atoms with E-state index < -0.39 is 0 Å². The van der Waals surface area contributed by atoms with Crippen LogP contribution in [0.4, 0.5) is 0 Å². The predicted octanol–water partition coefficient (Wildman–Crippen LogP) is 1.62. The van der Waals surface area contributed by atoms with Gasteiger partial charge in [0.05, 0.1) is 11.7 Å². The predicted molar refractivity (Wildman–Crippen MR) is 74.5 cm³/mol. The molecule has 2 atom stereocenters. The van der Waals surface area contributed by atoms with Crippen molar-refractivity contribution in [1.29, 1.82) is 0 Å². The van der Waals surface area contributed by atoms with Gasteiger partial charge in [-0.25, -0.2) is 4.98 Å². The summed E-state index contributed by atoms with van der Waals surface area (Å²) in [6.07, 6.45) is 6.80. The Morgan fingerprint density at radius 1 is 1.32 bits per heavy atom. The van der Waals surface area contributed by atoms with Gasteiger partial charge in [0.25, 0.3) is 0 Å². The summed E-state index contributed by atoms with van der Waals surface area (Å²) in [5, 5.41) is 8.56. The van der Waals surface area contributed by atoms with Gasteiger partial charge in [0, 0.05) is 18.2 Å². The lowest BCUT2D eigenvalue weighted by Gasteiger charge is -2.07. The first-order valence-electron chi connectivity index (χ1n) is 6.25. The first-order valence-corrected chi connectivity index (χ1v) is 6.25. The smallest absolute Gasteiger partial charge is 0.179 e. The average Bonchev–Trinajstić information content (AvgIpc) is 3.03. The molecule has 0 amide bonds. The molecule has 1 aliphatic rings. The zero-order valence-electron chi connectivity index (χ0n) is 10.3. The molecule has 0 radical (unpaired) electrons. The van der Waals surface area contributed by atoms with E-state index in [-0.39, 0.29) is 12.4 Å². The number of H-pyrrole nitrogens is 1. The first kappa shape index (κ1) is 12.4. The van der Waals surface area contributed by atoms with E-state index in [1.165, 1.54) is 0 Å². The highest BCUT2D eigenvalue weighted by Crippen LogP contribution is 2.33. The maximum atomic E-state index is 5.99. The topological polar surface area (TPSA) is 84.9 Å². The molecule has 6 nitrogen and oxygen atoms in total. The molecule has 100 valence electrons. The maximum Gasteiger partial charge on any atom is 0.179 e. The third-order valence-electron chi connectivity index (χ3n) is 3.81. The molecular weight excluding hydrogens is 264 g/mol. The van der Waals surface area contributed by atoms with Crippen LogP contribution >= 0.6 is 12.4 Å². The van der Waals surface area contributed by atoms with E-state index in [1.807, 2.05) is 12.3 Å². The summed E-state index contributed by atoms with van der Waals surface area (Å²) in [6.45, 7) is 0. The molecule has 0 saturated heterocycles. The monoisotopic (exact) mass is 278 g/mol. The van der Waals surface area contributed by atoms with Gasteiger partial charge in [-0.15, -0.1) is 22.6 Å². The van der Waals surface area contributed by atoms with Crippen LogP contribution in [-0.2, 0) is 0 Å². The van der Waals surface area contributed by atoms with Crippen LogP contribution < -0.4 is 5.73 Å². The molecule has 0 spiro atoms. The lowest BCUT2D eigenvalue weighted by molar-refractivity contribution is 0.639. The molecule has 3 heterocycles. The fourth-order valence-electron chi connectivity index (χ4n) is 2.91. The van der Waals surface area contributed by atoms with Crippen LogP contribution in [0.1, 0.15) is 31.0 Å². The van der Waals surface area contributed by atoms with E-state index in [4.69, 9.17) is 5.73 Å². The lowest BCUT2D eigenvalue weighted by atomic mass is 10.1. The van der Waals surface area contributed by atoms with Crippen molar-refractivity contribution in [3.63, 3.8) is 0 Å². The second-order valence-corrected chi connectivity index (χ2v) is 4.99. The molecule has 3 aromatic rings. The fourth-order valence-corrected chi connectivity index (χ4v) is 2.91. The summed E-state index contributed by atoms with van der Waals surface area (Å²) in [5.41, 5.74) is 8.70. The van der Waals surface area contributed by atoms with Gasteiger partial charge >= 0.3 is 0 Å². The minimum Gasteiger partial charge on any atom is -0.345 e. The lowest BCUT2D eigenvalue weighted by Crippen LogP contribution is -2.15. The minimum absolute atomic E-state index is 0. The molecule has 19 heavy (non-hydrogen) atoms. The van der Waals surface area contributed by atoms with E-state index >= 15 is 0 Å². The highest BCUT2D eigenvalue weighted by Gasteiger charge is 2.27. The number of nitrogens with one attached hydrogen (secondary N) is 1. The van der Waals surface area contributed by atoms with Crippen LogP contribution in [0.15, 0.2) is 18.5 Å². The zero-order valence-corrected chi connectivity index (χ0v) is 11.1. The number of nitrogens with two attached hydrogens (primary N) is 1. The summed E-state index contributed by atoms with van der Waals surface area (Å²) in [4.78, 5) is 7.44. The van der Waals surface area contributed by atoms with E-state index in [1.54, 1.807) is 6.20 Å². The Bertz CT molecular complexity index is 717. The van der Waals surface area contributed by atoms with E-state index in [0.717, 1.165) is 41.9 Å². The van der Waals surface area contributed by atoms with Gasteiger partial charge < -0.3 is 10.7 Å². The Labute approximate surface area is 115 Å². The summed E-state index contributed by atoms with van der Waals surface area (Å²) in [7, 11) is 0. The fraction of sp³-hybridized carbons (Fsp3) is 0.417. The summed E-state index contributed by atoms with van der Waals surface area (Å²) in [5.74, 6) is 1.43. The standard InChI is InChI=1S/C12H14N6.ClH/c13-8-2-1-7(5-8)12-17-16-10-6-15-11-9(18(10)12)3-4-14-11;/h3-4,6-8,14H,1-2,5,13H2;1H/t7-,8-;/m0./s1. The number of halogens is 1. The number of hydrogen-bond acceptors (Lipinski definition) is 4. The summed E-state index contributed by atoms with van der Waals surface area (Å²) < 4.78 is 2.10. The number of nitrogens with zero attached hydrogens (tertiary/aromatic N) is 4. The van der Waals surface area contributed by atoms with Crippen molar-refractivity contribution in [2.75, 3.05) is 0 Å². The highest BCUT2D eigenvalue weighted by molar-refractivity contribution is 5.85. The Balaban J connectivity index is 0.00000110. The van der Waals surface area contributed by atoms with E-state index in [9.17, 15) is 0 Å². The van der Waals surface area contributed by atoms with Crippen molar-refractivity contribution in [3.05, 3.63) is 24.3 Å². The van der Waals surface area contributed by atoms with Crippen molar-refractivity contribution in [2.24, 2.45) is 5.73 Å². The molecule has 3 N–H and O–H groups in total. The van der Waals surface area contributed by atoms with Gasteiger partial charge in [0.2, 0.25) is 0 Å². The Morgan fingerprint density at radius 3 is 3.00 bits per heavy atom. The van der Waals surface area contributed by atoms with Crippen LogP contribution in [0.3, 0.4) is 0 Å². The number of aromatic amines is 1. The van der Waals surface area contributed by atoms with Gasteiger partial charge in [-0.05, 0) is 25.3 Å². The summed E-state index contributed by atoms with van der Waals surface area (Å²) in [6, 6.07) is 2.31. The van der Waals surface area contributed by atoms with Gasteiger partial charge in [0.1, 0.15) is 5.82 Å². The average molecular weight is 279 g/mol. The van der Waals surface area contributed by atoms with E-state index in [0.29, 0.717) is 12.0 Å². The van der Waals surface area contributed by atoms with Crippen LogP contribution in [0.25, 0.3) is 16.8 Å². The van der Waals surface area contributed by atoms with Gasteiger partial charge in [-0.1, -0.05) is 0 Å². The molecular formula is C12H15ClN6. The van der Waals surface area contributed by atoms with Crippen LogP contribution in [0, 0.1) is 0 Å². The Hall–Kier alpha value is -1.66. The molecule has 1 aliphatic carbocycles. The second-order valence-electron chi connectivity index (χ2n) is 4.99. The molecule has 3 aromatic heterocycles. The maximum absolute atomic E-state index is 5.99. The number of aromatic nitrogens is 5. The molecule has 0 bridgehead atoms. The van der Waals surface area contributed by atoms with Crippen molar-refractivity contribution in [1.82, 2.24) is 24.6 Å². The third kappa shape index (κ3) is 1.79. The second kappa shape index (κ2) is 4.47. The third-order valence-corrected chi connectivity index (χ3v) is 3.81. The Kier molecular flexibility index (Phi) is 2.91. The van der Waals surface area contributed by atoms with Crippen molar-refractivity contribution >= 4 is 29.2 Å². The number of rotatable bonds is 1. The van der Waals surface area contributed by atoms with Crippen molar-refractivity contribution < 1.29 is 0 Å². The SMILES string of the molecule is Cl.N[C@H]1CC[C@H](c2nnc3cnc4[nH]ccc4n23)C1. The van der Waals surface area contributed by atoms with Gasteiger partial charge in [-0.3, -0.25) is 4.40 Å². The van der Waals surface area contributed by atoms with Crippen LogP contribution in [0.2, 0.25) is 0 Å². The zero-order chi connectivity index (χ0) is 12.1. The highest BCUT2D eigenvalue weighted by atomic mass is 35.5. The van der Waals surface area contributed by atoms with Gasteiger partial charge in [0.15, 0.2) is 11.3 Å². The first-order chi connectivity index (χ1) is 8.83.